The van der Waals surface area contributed by atoms with Crippen molar-refractivity contribution in [2.45, 2.75) is 43.9 Å². The summed E-state index contributed by atoms with van der Waals surface area (Å²) in [6.45, 7) is 1.97. The molecule has 3 aromatic rings. The molecule has 2 aliphatic rings. The molecule has 1 saturated heterocycles. The molecule has 3 aromatic carbocycles. The maximum atomic E-state index is 14.6. The minimum Gasteiger partial charge on any atom is -0.497 e. The number of hydrogen-bond donors (Lipinski definition) is 1. The number of hydrogen-bond acceptors (Lipinski definition) is 7. The summed E-state index contributed by atoms with van der Waals surface area (Å²) in [6.07, 6.45) is 1.95. The molecule has 10 nitrogen and oxygen atoms in total. The fourth-order valence-corrected chi connectivity index (χ4v) is 5.55. The standard InChI is InChI=1S/C32H35N5O5/c1-40-28-11-6-10-24(20-28)29-32(31(39)37-16-4-5-17-37,21-25-8-2-3-9-26(25)22-34-36-33)35-30(42-29)23-12-14-27(15-13-23)41-19-7-18-38/h2-3,6,8-15,20,29,38H,4-5,7,16-19,21-22H2,1H3/t29-,32-/m1/s1. The van der Waals surface area contributed by atoms with Gasteiger partial charge >= 0.3 is 0 Å². The maximum Gasteiger partial charge on any atom is 0.255 e. The van der Waals surface area contributed by atoms with Gasteiger partial charge in [-0.05, 0) is 71.5 Å². The topological polar surface area (TPSA) is 129 Å². The second-order valence-electron chi connectivity index (χ2n) is 10.4. The van der Waals surface area contributed by atoms with Crippen molar-refractivity contribution in [2.24, 2.45) is 10.1 Å². The number of azide groups is 1. The summed E-state index contributed by atoms with van der Waals surface area (Å²) in [7, 11) is 1.61. The largest absolute Gasteiger partial charge is 0.497 e. The van der Waals surface area contributed by atoms with Crippen molar-refractivity contribution in [3.05, 3.63) is 105 Å². The van der Waals surface area contributed by atoms with E-state index in [0.29, 0.717) is 43.5 Å². The highest BCUT2D eigenvalue weighted by Gasteiger charge is 2.55. The summed E-state index contributed by atoms with van der Waals surface area (Å²) < 4.78 is 17.9. The molecule has 42 heavy (non-hydrogen) atoms. The van der Waals surface area contributed by atoms with E-state index >= 15 is 0 Å². The van der Waals surface area contributed by atoms with E-state index in [0.717, 1.165) is 35.1 Å². The predicted molar refractivity (Wildman–Crippen MR) is 159 cm³/mol. The normalized spacial score (nSPS) is 19.5. The van der Waals surface area contributed by atoms with E-state index in [9.17, 15) is 4.79 Å². The van der Waals surface area contributed by atoms with Gasteiger partial charge in [-0.2, -0.15) is 0 Å². The Bertz CT molecular complexity index is 1460. The van der Waals surface area contributed by atoms with Gasteiger partial charge in [-0.3, -0.25) is 4.79 Å². The zero-order chi connectivity index (χ0) is 29.4. The first-order valence-electron chi connectivity index (χ1n) is 14.2. The van der Waals surface area contributed by atoms with E-state index < -0.39 is 11.6 Å². The van der Waals surface area contributed by atoms with Gasteiger partial charge in [0.1, 0.15) is 11.5 Å². The number of rotatable bonds is 12. The second kappa shape index (κ2) is 13.4. The van der Waals surface area contributed by atoms with Crippen LogP contribution in [0.1, 0.15) is 47.6 Å². The van der Waals surface area contributed by atoms with Crippen LogP contribution in [0.25, 0.3) is 10.4 Å². The Balaban J connectivity index is 1.62. The van der Waals surface area contributed by atoms with Gasteiger partial charge in [0.05, 0.1) is 20.3 Å². The quantitative estimate of drug-likeness (QED) is 0.135. The lowest BCUT2D eigenvalue weighted by atomic mass is 9.80. The monoisotopic (exact) mass is 569 g/mol. The Morgan fingerprint density at radius 2 is 1.86 bits per heavy atom. The predicted octanol–water partition coefficient (Wildman–Crippen LogP) is 5.39. The Labute approximate surface area is 245 Å². The van der Waals surface area contributed by atoms with Gasteiger partial charge in [-0.25, -0.2) is 4.99 Å². The van der Waals surface area contributed by atoms with Gasteiger partial charge in [0.15, 0.2) is 11.6 Å². The minimum atomic E-state index is -1.31. The van der Waals surface area contributed by atoms with Crippen LogP contribution in [0, 0.1) is 0 Å². The SMILES string of the molecule is COc1cccc([C@H]2OC(c3ccc(OCCCO)cc3)=N[C@@]2(Cc2ccccc2CN=[N+]=[N-])C(=O)N2CCCC2)c1. The molecule has 0 aliphatic carbocycles. The Morgan fingerprint density at radius 3 is 2.57 bits per heavy atom. The van der Waals surface area contributed by atoms with E-state index in [1.807, 2.05) is 77.7 Å². The van der Waals surface area contributed by atoms with Crippen LogP contribution in [0.4, 0.5) is 0 Å². The minimum absolute atomic E-state index is 0.0630. The molecule has 0 saturated carbocycles. The van der Waals surface area contributed by atoms with Crippen molar-refractivity contribution in [3.63, 3.8) is 0 Å². The van der Waals surface area contributed by atoms with Crippen LogP contribution in [0.5, 0.6) is 11.5 Å². The molecule has 10 heteroatoms. The van der Waals surface area contributed by atoms with Crippen LogP contribution in [-0.4, -0.2) is 60.8 Å². The van der Waals surface area contributed by atoms with Gasteiger partial charge in [0, 0.05) is 43.0 Å². The Morgan fingerprint density at radius 1 is 1.10 bits per heavy atom. The lowest BCUT2D eigenvalue weighted by Gasteiger charge is -2.34. The van der Waals surface area contributed by atoms with Crippen molar-refractivity contribution in [2.75, 3.05) is 33.4 Å². The lowest BCUT2D eigenvalue weighted by Crippen LogP contribution is -2.51. The molecular weight excluding hydrogens is 534 g/mol. The smallest absolute Gasteiger partial charge is 0.255 e. The van der Waals surface area contributed by atoms with Gasteiger partial charge in [0.25, 0.3) is 5.91 Å². The van der Waals surface area contributed by atoms with E-state index in [4.69, 9.17) is 29.8 Å². The molecule has 0 bridgehead atoms. The van der Waals surface area contributed by atoms with Gasteiger partial charge in [-0.15, -0.1) is 0 Å². The number of carbonyl (C=O) groups excluding carboxylic acids is 1. The number of likely N-dealkylation sites (tertiary alicyclic amines) is 1. The molecule has 0 radical (unpaired) electrons. The highest BCUT2D eigenvalue weighted by molar-refractivity contribution is 6.01. The maximum absolute atomic E-state index is 14.6. The summed E-state index contributed by atoms with van der Waals surface area (Å²) >= 11 is 0. The van der Waals surface area contributed by atoms with Crippen LogP contribution in [0.3, 0.4) is 0 Å². The highest BCUT2D eigenvalue weighted by Crippen LogP contribution is 2.45. The van der Waals surface area contributed by atoms with Crippen molar-refractivity contribution >= 4 is 11.8 Å². The van der Waals surface area contributed by atoms with E-state index in [1.54, 1.807) is 7.11 Å². The van der Waals surface area contributed by atoms with Crippen LogP contribution in [0.2, 0.25) is 0 Å². The molecule has 0 unspecified atom stereocenters. The van der Waals surface area contributed by atoms with Crippen LogP contribution in [-0.2, 0) is 22.5 Å². The number of carbonyl (C=O) groups is 1. The van der Waals surface area contributed by atoms with E-state index in [1.165, 1.54) is 0 Å². The molecule has 1 amide bonds. The number of methoxy groups -OCH3 is 1. The summed E-state index contributed by atoms with van der Waals surface area (Å²) in [5, 5.41) is 12.8. The third kappa shape index (κ3) is 6.20. The Hall–Kier alpha value is -4.53. The van der Waals surface area contributed by atoms with Crippen molar-refractivity contribution in [1.82, 2.24) is 4.90 Å². The average molecular weight is 570 g/mol. The number of amides is 1. The molecule has 218 valence electrons. The van der Waals surface area contributed by atoms with E-state index in [-0.39, 0.29) is 25.5 Å². The van der Waals surface area contributed by atoms with Gasteiger partial charge in [-0.1, -0.05) is 41.5 Å². The number of benzene rings is 3. The lowest BCUT2D eigenvalue weighted by molar-refractivity contribution is -0.138. The molecule has 2 aliphatic heterocycles. The summed E-state index contributed by atoms with van der Waals surface area (Å²) in [6, 6.07) is 22.6. The molecule has 5 rings (SSSR count). The molecule has 2 atom stereocenters. The fourth-order valence-electron chi connectivity index (χ4n) is 5.55. The number of nitrogens with zero attached hydrogens (tertiary/aromatic N) is 5. The third-order valence-corrected chi connectivity index (χ3v) is 7.68. The van der Waals surface area contributed by atoms with Crippen molar-refractivity contribution in [1.29, 1.82) is 0 Å². The summed E-state index contributed by atoms with van der Waals surface area (Å²) in [5.41, 5.74) is 10.9. The summed E-state index contributed by atoms with van der Waals surface area (Å²) in [5.74, 6) is 1.59. The zero-order valence-electron chi connectivity index (χ0n) is 23.7. The number of aliphatic hydroxyl groups is 1. The molecule has 1 fully saturated rings. The highest BCUT2D eigenvalue weighted by atomic mass is 16.5. The third-order valence-electron chi connectivity index (χ3n) is 7.68. The van der Waals surface area contributed by atoms with Gasteiger partial charge in [0.2, 0.25) is 5.90 Å². The van der Waals surface area contributed by atoms with Crippen LogP contribution in [0.15, 0.2) is 82.9 Å². The zero-order valence-corrected chi connectivity index (χ0v) is 23.7. The van der Waals surface area contributed by atoms with Crippen LogP contribution < -0.4 is 9.47 Å². The number of ether oxygens (including phenoxy) is 3. The van der Waals surface area contributed by atoms with Crippen molar-refractivity contribution < 1.29 is 24.1 Å². The van der Waals surface area contributed by atoms with Gasteiger partial charge < -0.3 is 24.2 Å². The molecule has 1 N–H and O–H groups in total. The van der Waals surface area contributed by atoms with Crippen LogP contribution >= 0.6 is 0 Å². The average Bonchev–Trinajstić information content (AvgIpc) is 3.70. The second-order valence-corrected chi connectivity index (χ2v) is 10.4. The molecule has 0 spiro atoms. The fraction of sp³-hybridized carbons (Fsp3) is 0.375. The number of aliphatic hydroxyl groups excluding tert-OH is 1. The molecule has 2 heterocycles. The van der Waals surface area contributed by atoms with E-state index in [2.05, 4.69) is 10.0 Å². The first kappa shape index (κ1) is 29.0. The Kier molecular flexibility index (Phi) is 9.26. The molecule has 0 aromatic heterocycles. The summed E-state index contributed by atoms with van der Waals surface area (Å²) in [4.78, 5) is 24.6. The molecular formula is C32H35N5O5. The van der Waals surface area contributed by atoms with Crippen molar-refractivity contribution in [3.8, 4) is 11.5 Å². The first-order valence-corrected chi connectivity index (χ1v) is 14.2. The first-order chi connectivity index (χ1) is 20.6. The number of aliphatic imine (C=N–C) groups is 1.